The topological polar surface area (TPSA) is 65.0 Å². The number of hydrogen-bond donors (Lipinski definition) is 1. The van der Waals surface area contributed by atoms with Crippen LogP contribution in [0.25, 0.3) is 0 Å². The number of aliphatic carboxylic acids is 1. The fourth-order valence-electron chi connectivity index (χ4n) is 1.90. The number of benzene rings is 1. The molecule has 0 bridgehead atoms. The van der Waals surface area contributed by atoms with Crippen molar-refractivity contribution >= 4 is 14.3 Å². The van der Waals surface area contributed by atoms with Gasteiger partial charge in [0.05, 0.1) is 20.3 Å². The van der Waals surface area contributed by atoms with Crippen LogP contribution in [0.3, 0.4) is 0 Å². The molecule has 1 aromatic rings. The Hall–Kier alpha value is -1.63. The maximum atomic E-state index is 11.0. The van der Waals surface area contributed by atoms with Crippen LogP contribution in [0.4, 0.5) is 0 Å². The van der Waals surface area contributed by atoms with Crippen LogP contribution in [0.5, 0.6) is 5.75 Å². The number of ether oxygens (including phenoxy) is 2. The molecule has 1 atom stereocenters. The third kappa shape index (κ3) is 6.94. The number of carboxylic acid groups (broad SMARTS) is 1. The van der Waals surface area contributed by atoms with Crippen molar-refractivity contribution in [3.05, 3.63) is 42.0 Å². The quantitative estimate of drug-likeness (QED) is 0.500. The Labute approximate surface area is 158 Å². The Morgan fingerprint density at radius 3 is 2.19 bits per heavy atom. The van der Waals surface area contributed by atoms with E-state index >= 15 is 0 Å². The minimum Gasteiger partial charge on any atom is -0.497 e. The van der Waals surface area contributed by atoms with Gasteiger partial charge in [0.15, 0.2) is 8.32 Å². The first kappa shape index (κ1) is 22.4. The summed E-state index contributed by atoms with van der Waals surface area (Å²) in [6.45, 7) is 13.3. The average Bonchev–Trinajstić information content (AvgIpc) is 2.56. The maximum Gasteiger partial charge on any atom is 0.328 e. The Balaban J connectivity index is 2.86. The molecule has 1 rings (SSSR count). The van der Waals surface area contributed by atoms with Gasteiger partial charge in [-0.05, 0) is 48.8 Å². The fraction of sp³-hybridized carbons (Fsp3) is 0.550. The first-order chi connectivity index (χ1) is 11.9. The van der Waals surface area contributed by atoms with Gasteiger partial charge in [-0.1, -0.05) is 32.9 Å². The zero-order valence-corrected chi connectivity index (χ0v) is 18.0. The molecule has 0 aliphatic carbocycles. The van der Waals surface area contributed by atoms with E-state index in [4.69, 9.17) is 19.0 Å². The summed E-state index contributed by atoms with van der Waals surface area (Å²) < 4.78 is 17.5. The second-order valence-corrected chi connectivity index (χ2v) is 13.0. The lowest BCUT2D eigenvalue weighted by Crippen LogP contribution is -2.45. The molecule has 6 heteroatoms. The van der Waals surface area contributed by atoms with Crippen molar-refractivity contribution in [3.63, 3.8) is 0 Å². The van der Waals surface area contributed by atoms with Crippen LogP contribution in [0.1, 0.15) is 33.3 Å². The van der Waals surface area contributed by atoms with E-state index in [1.807, 2.05) is 31.2 Å². The van der Waals surface area contributed by atoms with Crippen molar-refractivity contribution in [2.24, 2.45) is 0 Å². The highest BCUT2D eigenvalue weighted by Crippen LogP contribution is 2.37. The highest BCUT2D eigenvalue weighted by atomic mass is 28.4. The molecule has 0 saturated heterocycles. The molecule has 1 N–H and O–H groups in total. The molecule has 1 unspecified atom stereocenters. The van der Waals surface area contributed by atoms with Gasteiger partial charge in [-0.3, -0.25) is 0 Å². The normalized spacial score (nSPS) is 15.0. The van der Waals surface area contributed by atoms with E-state index in [0.29, 0.717) is 13.2 Å². The van der Waals surface area contributed by atoms with Gasteiger partial charge in [-0.15, -0.1) is 0 Å². The first-order valence-electron chi connectivity index (χ1n) is 8.71. The van der Waals surface area contributed by atoms with Crippen molar-refractivity contribution in [1.82, 2.24) is 0 Å². The van der Waals surface area contributed by atoms with Gasteiger partial charge in [0.25, 0.3) is 0 Å². The molecule has 0 radical (unpaired) electrons. The Kier molecular flexibility index (Phi) is 7.62. The van der Waals surface area contributed by atoms with Crippen molar-refractivity contribution < 1.29 is 23.8 Å². The van der Waals surface area contributed by atoms with Crippen LogP contribution in [0.2, 0.25) is 18.1 Å². The molecular formula is C20H32O5Si. The number of carbonyl (C=O) groups is 1. The van der Waals surface area contributed by atoms with Gasteiger partial charge in [-0.25, -0.2) is 4.79 Å². The SMILES string of the molecule is COc1ccc(COC(C)(/C=C/C(=O)O)CO[Si](C)(C)C(C)(C)C)cc1. The van der Waals surface area contributed by atoms with Crippen LogP contribution in [-0.2, 0) is 20.6 Å². The van der Waals surface area contributed by atoms with Crippen LogP contribution in [0.15, 0.2) is 36.4 Å². The Bertz CT molecular complexity index is 616. The van der Waals surface area contributed by atoms with E-state index in [1.54, 1.807) is 13.2 Å². The minimum absolute atomic E-state index is 0.0698. The van der Waals surface area contributed by atoms with E-state index < -0.39 is 19.9 Å². The molecule has 0 spiro atoms. The molecule has 0 fully saturated rings. The highest BCUT2D eigenvalue weighted by molar-refractivity contribution is 6.74. The molecule has 0 amide bonds. The molecular weight excluding hydrogens is 348 g/mol. The van der Waals surface area contributed by atoms with Gasteiger partial charge in [0.1, 0.15) is 11.4 Å². The number of carboxylic acids is 1. The van der Waals surface area contributed by atoms with Crippen molar-refractivity contribution in [1.29, 1.82) is 0 Å². The van der Waals surface area contributed by atoms with Crippen LogP contribution in [-0.4, -0.2) is 38.7 Å². The lowest BCUT2D eigenvalue weighted by molar-refractivity contribution is -0.131. The van der Waals surface area contributed by atoms with Crippen molar-refractivity contribution in [3.8, 4) is 5.75 Å². The van der Waals surface area contributed by atoms with Gasteiger partial charge >= 0.3 is 5.97 Å². The molecule has 0 heterocycles. The minimum atomic E-state index is -1.97. The molecule has 0 aliphatic heterocycles. The standard InChI is InChI=1S/C20H32O5Si/c1-19(2,3)26(6,7)25-15-20(4,13-12-18(21)22)24-14-16-8-10-17(23-5)11-9-16/h8-13H,14-15H2,1-7H3,(H,21,22)/b13-12+. The summed E-state index contributed by atoms with van der Waals surface area (Å²) in [4.78, 5) is 11.0. The van der Waals surface area contributed by atoms with Gasteiger partial charge in [-0.2, -0.15) is 0 Å². The molecule has 0 saturated carbocycles. The Morgan fingerprint density at radius 1 is 1.15 bits per heavy atom. The molecule has 0 aliphatic rings. The molecule has 26 heavy (non-hydrogen) atoms. The summed E-state index contributed by atoms with van der Waals surface area (Å²) in [6.07, 6.45) is 2.68. The second kappa shape index (κ2) is 8.84. The van der Waals surface area contributed by atoms with Gasteiger partial charge in [0.2, 0.25) is 0 Å². The number of rotatable bonds is 9. The summed E-state index contributed by atoms with van der Waals surface area (Å²) in [5.41, 5.74) is 0.154. The third-order valence-electron chi connectivity index (χ3n) is 4.83. The van der Waals surface area contributed by atoms with Crippen molar-refractivity contribution in [2.75, 3.05) is 13.7 Å². The van der Waals surface area contributed by atoms with E-state index in [2.05, 4.69) is 33.9 Å². The third-order valence-corrected chi connectivity index (χ3v) is 9.31. The zero-order valence-electron chi connectivity index (χ0n) is 17.0. The average molecular weight is 381 g/mol. The largest absolute Gasteiger partial charge is 0.497 e. The lowest BCUT2D eigenvalue weighted by Gasteiger charge is -2.39. The van der Waals surface area contributed by atoms with Crippen molar-refractivity contribution in [2.45, 2.75) is 58.0 Å². The van der Waals surface area contributed by atoms with E-state index in [0.717, 1.165) is 17.4 Å². The second-order valence-electron chi connectivity index (χ2n) is 8.17. The lowest BCUT2D eigenvalue weighted by atomic mass is 10.1. The number of hydrogen-bond acceptors (Lipinski definition) is 4. The summed E-state index contributed by atoms with van der Waals surface area (Å²) in [5.74, 6) is -0.222. The predicted molar refractivity (Wildman–Crippen MR) is 106 cm³/mol. The highest BCUT2D eigenvalue weighted by Gasteiger charge is 2.39. The molecule has 0 aromatic heterocycles. The van der Waals surface area contributed by atoms with E-state index in [-0.39, 0.29) is 5.04 Å². The predicted octanol–water partition coefficient (Wildman–Crippen LogP) is 4.63. The Morgan fingerprint density at radius 2 is 1.73 bits per heavy atom. The van der Waals surface area contributed by atoms with E-state index in [1.165, 1.54) is 0 Å². The summed E-state index contributed by atoms with van der Waals surface area (Å²) in [7, 11) is -0.347. The van der Waals surface area contributed by atoms with E-state index in [9.17, 15) is 4.79 Å². The maximum absolute atomic E-state index is 11.0. The van der Waals surface area contributed by atoms with Crippen LogP contribution < -0.4 is 4.74 Å². The monoisotopic (exact) mass is 380 g/mol. The van der Waals surface area contributed by atoms with Crippen LogP contribution in [0, 0.1) is 0 Å². The summed E-state index contributed by atoms with van der Waals surface area (Å²) >= 11 is 0. The summed E-state index contributed by atoms with van der Waals surface area (Å²) in [6, 6.07) is 7.59. The first-order valence-corrected chi connectivity index (χ1v) is 11.6. The zero-order chi connectivity index (χ0) is 20.0. The molecule has 146 valence electrons. The van der Waals surface area contributed by atoms with Gasteiger partial charge in [0, 0.05) is 6.08 Å². The summed E-state index contributed by atoms with van der Waals surface area (Å²) in [5, 5.41) is 9.06. The fourth-order valence-corrected chi connectivity index (χ4v) is 2.98. The smallest absolute Gasteiger partial charge is 0.328 e. The van der Waals surface area contributed by atoms with Gasteiger partial charge < -0.3 is 19.0 Å². The molecule has 5 nitrogen and oxygen atoms in total. The molecule has 1 aromatic carbocycles. The number of methoxy groups -OCH3 is 1. The van der Waals surface area contributed by atoms with Crippen LogP contribution >= 0.6 is 0 Å².